The van der Waals surface area contributed by atoms with Crippen LogP contribution in [0.2, 0.25) is 0 Å². The summed E-state index contributed by atoms with van der Waals surface area (Å²) >= 11 is 2.60. The molecule has 46 heavy (non-hydrogen) atoms. The van der Waals surface area contributed by atoms with Gasteiger partial charge in [0.2, 0.25) is 11.8 Å². The molecule has 2 aliphatic carbocycles. The molecule has 0 radical (unpaired) electrons. The molecule has 3 amide bonds. The van der Waals surface area contributed by atoms with Gasteiger partial charge in [-0.2, -0.15) is 13.2 Å². The molecule has 7 rings (SSSR count). The molecule has 2 aromatic carbocycles. The normalized spacial score (nSPS) is 28.4. The third kappa shape index (κ3) is 4.82. The molecular weight excluding hydrogens is 647 g/mol. The van der Waals surface area contributed by atoms with Crippen molar-refractivity contribution in [1.29, 1.82) is 0 Å². The summed E-state index contributed by atoms with van der Waals surface area (Å²) in [6.07, 6.45) is -3.99. The first-order valence-corrected chi connectivity index (χ1v) is 16.2. The number of anilines is 1. The number of H-pyrrole nitrogens is 1. The van der Waals surface area contributed by atoms with Gasteiger partial charge in [-0.15, -0.1) is 11.8 Å². The van der Waals surface area contributed by atoms with Crippen LogP contribution in [0, 0.1) is 29.6 Å². The number of amides is 3. The predicted octanol–water partition coefficient (Wildman–Crippen LogP) is 4.42. The van der Waals surface area contributed by atoms with Gasteiger partial charge in [0.15, 0.2) is 6.61 Å². The number of carboxylic acids is 1. The van der Waals surface area contributed by atoms with E-state index in [9.17, 15) is 42.3 Å². The minimum Gasteiger partial charge on any atom is -0.484 e. The third-order valence-corrected chi connectivity index (χ3v) is 12.2. The highest BCUT2D eigenvalue weighted by molar-refractivity contribution is 8.00. The Morgan fingerprint density at radius 3 is 2.41 bits per heavy atom. The molecule has 3 heterocycles. The number of thiazole rings is 1. The maximum atomic E-state index is 13.5. The third-order valence-electron chi connectivity index (χ3n) is 9.62. The Morgan fingerprint density at radius 1 is 1.07 bits per heavy atom. The van der Waals surface area contributed by atoms with E-state index in [2.05, 4.69) is 10.3 Å². The second kappa shape index (κ2) is 11.0. The fourth-order valence-electron chi connectivity index (χ4n) is 7.85. The quantitative estimate of drug-likeness (QED) is 0.313. The van der Waals surface area contributed by atoms with E-state index >= 15 is 0 Å². The number of aromatic amines is 1. The molecule has 4 aliphatic rings. The lowest BCUT2D eigenvalue weighted by molar-refractivity contribution is -0.154. The van der Waals surface area contributed by atoms with Crippen molar-refractivity contribution < 1.29 is 42.2 Å². The average molecular weight is 674 g/mol. The second-order valence-electron chi connectivity index (χ2n) is 12.0. The molecule has 8 atom stereocenters. The number of imide groups is 1. The highest BCUT2D eigenvalue weighted by atomic mass is 32.2. The van der Waals surface area contributed by atoms with E-state index in [1.54, 1.807) is 24.3 Å². The van der Waals surface area contributed by atoms with Crippen LogP contribution in [0.4, 0.5) is 18.9 Å². The van der Waals surface area contributed by atoms with Crippen molar-refractivity contribution in [2.45, 2.75) is 41.8 Å². The molecular formula is C31H26F3N3O7S2. The molecule has 15 heteroatoms. The number of halogens is 3. The Hall–Kier alpha value is -4.11. The zero-order valence-corrected chi connectivity index (χ0v) is 25.6. The Morgan fingerprint density at radius 2 is 1.74 bits per heavy atom. The predicted molar refractivity (Wildman–Crippen MR) is 159 cm³/mol. The number of likely N-dealkylation sites (tertiary alicyclic amines) is 1. The van der Waals surface area contributed by atoms with Crippen molar-refractivity contribution >= 4 is 52.5 Å². The van der Waals surface area contributed by atoms with Gasteiger partial charge in [-0.05, 0) is 60.9 Å². The lowest BCUT2D eigenvalue weighted by Crippen LogP contribution is -2.44. The number of carbonyl (C=O) groups excluding carboxylic acids is 3. The summed E-state index contributed by atoms with van der Waals surface area (Å²) in [5, 5.41) is 12.4. The van der Waals surface area contributed by atoms with E-state index in [1.807, 2.05) is 0 Å². The van der Waals surface area contributed by atoms with Crippen molar-refractivity contribution in [2.75, 3.05) is 11.9 Å². The summed E-state index contributed by atoms with van der Waals surface area (Å²) in [6, 6.07) is 10.2. The first-order chi connectivity index (χ1) is 21.8. The Balaban J connectivity index is 1.12. The van der Waals surface area contributed by atoms with Crippen LogP contribution in [0.15, 0.2) is 58.4 Å². The number of rotatable bonds is 7. The molecule has 10 nitrogen and oxygen atoms in total. The number of nitrogens with zero attached hydrogens (tertiary/aromatic N) is 1. The Bertz CT molecular complexity index is 1820. The Labute approximate surface area is 267 Å². The van der Waals surface area contributed by atoms with Gasteiger partial charge in [-0.3, -0.25) is 24.1 Å². The summed E-state index contributed by atoms with van der Waals surface area (Å²) in [4.78, 5) is 68.0. The summed E-state index contributed by atoms with van der Waals surface area (Å²) in [5.41, 5.74) is -0.511. The number of para-hydroxylation sites is 1. The van der Waals surface area contributed by atoms with Gasteiger partial charge in [0.25, 0.3) is 5.91 Å². The number of carbonyl (C=O) groups is 4. The maximum Gasteiger partial charge on any atom is 0.418 e. The SMILES string of the molecule is CC(C(=O)O)N1C(=O)C2C3CC(C2C1=O)C1C3Sc2[nH]c(=O)sc2[C@@H]1c1ccc(OCC(=O)Nc2ccccc2C(F)(F)F)cc1. The molecule has 3 aromatic rings. The minimum atomic E-state index is -4.64. The van der Waals surface area contributed by atoms with Gasteiger partial charge < -0.3 is 20.1 Å². The number of nitrogens with one attached hydrogen (secondary N) is 2. The maximum absolute atomic E-state index is 13.5. The van der Waals surface area contributed by atoms with Crippen molar-refractivity contribution in [2.24, 2.45) is 29.6 Å². The molecule has 2 saturated carbocycles. The number of hydrogen-bond donors (Lipinski definition) is 3. The monoisotopic (exact) mass is 673 g/mol. The van der Waals surface area contributed by atoms with Crippen LogP contribution in [-0.2, 0) is 25.4 Å². The molecule has 2 aliphatic heterocycles. The molecule has 0 spiro atoms. The van der Waals surface area contributed by atoms with Crippen molar-refractivity contribution in [3.63, 3.8) is 0 Å². The van der Waals surface area contributed by atoms with Gasteiger partial charge in [-0.1, -0.05) is 35.6 Å². The Kier molecular flexibility index (Phi) is 7.31. The summed E-state index contributed by atoms with van der Waals surface area (Å²) in [7, 11) is 0. The first kappa shape index (κ1) is 30.5. The number of thioether (sulfide) groups is 1. The van der Waals surface area contributed by atoms with E-state index in [4.69, 9.17) is 4.74 Å². The number of fused-ring (bicyclic) bond motifs is 9. The van der Waals surface area contributed by atoms with Crippen molar-refractivity contribution in [1.82, 2.24) is 9.88 Å². The van der Waals surface area contributed by atoms with E-state index in [0.717, 1.165) is 38.8 Å². The fourth-order valence-corrected chi connectivity index (χ4v) is 10.7. The van der Waals surface area contributed by atoms with Crippen molar-refractivity contribution in [3.8, 4) is 5.75 Å². The molecule has 3 N–H and O–H groups in total. The first-order valence-electron chi connectivity index (χ1n) is 14.5. The second-order valence-corrected chi connectivity index (χ2v) is 14.2. The smallest absolute Gasteiger partial charge is 0.418 e. The fraction of sp³-hybridized carbons (Fsp3) is 0.387. The number of aromatic nitrogens is 1. The van der Waals surface area contributed by atoms with Crippen molar-refractivity contribution in [3.05, 3.63) is 74.2 Å². The van der Waals surface area contributed by atoms with E-state index in [1.165, 1.54) is 30.8 Å². The highest BCUT2D eigenvalue weighted by Gasteiger charge is 2.70. The largest absolute Gasteiger partial charge is 0.484 e. The number of alkyl halides is 3. The van der Waals surface area contributed by atoms with Gasteiger partial charge in [0.1, 0.15) is 11.8 Å². The van der Waals surface area contributed by atoms with Crippen LogP contribution in [0.5, 0.6) is 5.75 Å². The van der Waals surface area contributed by atoms with Gasteiger partial charge in [0.05, 0.1) is 28.1 Å². The summed E-state index contributed by atoms with van der Waals surface area (Å²) < 4.78 is 45.4. The zero-order valence-electron chi connectivity index (χ0n) is 23.9. The average Bonchev–Trinajstić information content (AvgIpc) is 3.74. The number of aliphatic carboxylic acids is 1. The lowest BCUT2D eigenvalue weighted by atomic mass is 9.68. The van der Waals surface area contributed by atoms with Crippen LogP contribution in [0.1, 0.15) is 35.3 Å². The summed E-state index contributed by atoms with van der Waals surface area (Å²) in [5.74, 6) is -4.55. The van der Waals surface area contributed by atoms with E-state index < -0.39 is 59.9 Å². The summed E-state index contributed by atoms with van der Waals surface area (Å²) in [6.45, 7) is 0.802. The number of ether oxygens (including phenoxy) is 1. The van der Waals surface area contributed by atoms with Crippen LogP contribution >= 0.6 is 23.1 Å². The zero-order chi connectivity index (χ0) is 32.7. The highest BCUT2D eigenvalue weighted by Crippen LogP contribution is 2.68. The topological polar surface area (TPSA) is 146 Å². The molecule has 2 bridgehead atoms. The number of carboxylic acid groups (broad SMARTS) is 1. The van der Waals surface area contributed by atoms with Gasteiger partial charge >= 0.3 is 17.0 Å². The molecule has 3 fully saturated rings. The molecule has 1 aromatic heterocycles. The van der Waals surface area contributed by atoms with Crippen LogP contribution in [0.25, 0.3) is 0 Å². The van der Waals surface area contributed by atoms with Crippen LogP contribution in [0.3, 0.4) is 0 Å². The lowest BCUT2D eigenvalue weighted by Gasteiger charge is -2.43. The van der Waals surface area contributed by atoms with Gasteiger partial charge in [-0.25, -0.2) is 4.79 Å². The minimum absolute atomic E-state index is 0.0787. The standard InChI is InChI=1S/C31H26F3N3O7S2/c1-12(29(41)42)37-27(39)22-15-10-16(23(22)28(37)40)24-21(15)20(25-26(45-24)36-30(43)46-25)13-6-8-14(9-7-13)44-11-19(38)35-18-5-3-2-4-17(18)31(32,33)34/h2-9,12,15-16,20-24H,10-11H2,1H3,(H,35,38)(H,36,43)(H,41,42)/t12?,15?,16?,20-,21?,22?,23?,24?/m1/s1. The van der Waals surface area contributed by atoms with Gasteiger partial charge in [0, 0.05) is 16.0 Å². The van der Waals surface area contributed by atoms with E-state index in [0.29, 0.717) is 17.2 Å². The molecule has 240 valence electrons. The van der Waals surface area contributed by atoms with E-state index in [-0.39, 0.29) is 39.5 Å². The van der Waals surface area contributed by atoms with Crippen LogP contribution < -0.4 is 14.9 Å². The number of hydrogen-bond acceptors (Lipinski definition) is 8. The van der Waals surface area contributed by atoms with Crippen LogP contribution in [-0.4, -0.2) is 56.6 Å². The molecule has 1 saturated heterocycles. The molecule has 7 unspecified atom stereocenters. The number of benzene rings is 2.